The summed E-state index contributed by atoms with van der Waals surface area (Å²) in [5.41, 5.74) is 4.24. The van der Waals surface area contributed by atoms with Gasteiger partial charge in [0.2, 0.25) is 0 Å². The smallest absolute Gasteiger partial charge is 0.147 e. The van der Waals surface area contributed by atoms with Gasteiger partial charge in [0.05, 0.1) is 0 Å². The summed E-state index contributed by atoms with van der Waals surface area (Å²) in [6.45, 7) is 0. The number of fused-ring (bicyclic) bond motifs is 1. The molecule has 1 unspecified atom stereocenters. The SMILES string of the molecule is CNC(CCCS(C)(=O)=O)c1ccc2c(c1)CCC2. The predicted molar refractivity (Wildman–Crippen MR) is 79.2 cm³/mol. The van der Waals surface area contributed by atoms with Crippen molar-refractivity contribution in [1.82, 2.24) is 5.32 Å². The molecule has 0 aromatic heterocycles. The quantitative estimate of drug-likeness (QED) is 0.870. The number of hydrogen-bond donors (Lipinski definition) is 1. The summed E-state index contributed by atoms with van der Waals surface area (Å²) in [4.78, 5) is 0. The Labute approximate surface area is 116 Å². The minimum absolute atomic E-state index is 0.257. The molecular weight excluding hydrogens is 258 g/mol. The Morgan fingerprint density at radius 1 is 1.26 bits per heavy atom. The third-order valence-electron chi connectivity index (χ3n) is 3.88. The van der Waals surface area contributed by atoms with E-state index in [4.69, 9.17) is 0 Å². The molecule has 2 rings (SSSR count). The average Bonchev–Trinajstić information content (AvgIpc) is 2.80. The van der Waals surface area contributed by atoms with Crippen molar-refractivity contribution in [3.8, 4) is 0 Å². The van der Waals surface area contributed by atoms with Gasteiger partial charge >= 0.3 is 0 Å². The summed E-state index contributed by atoms with van der Waals surface area (Å²) in [6.07, 6.45) is 6.52. The van der Waals surface area contributed by atoms with Gasteiger partial charge in [0.15, 0.2) is 0 Å². The minimum atomic E-state index is -2.85. The lowest BCUT2D eigenvalue weighted by Crippen LogP contribution is -2.18. The van der Waals surface area contributed by atoms with E-state index in [9.17, 15) is 8.42 Å². The maximum atomic E-state index is 11.2. The number of aryl methyl sites for hydroxylation is 2. The molecule has 0 aliphatic heterocycles. The Hall–Kier alpha value is -0.870. The van der Waals surface area contributed by atoms with Crippen molar-refractivity contribution in [2.24, 2.45) is 0 Å². The van der Waals surface area contributed by atoms with E-state index >= 15 is 0 Å². The van der Waals surface area contributed by atoms with Crippen LogP contribution in [0, 0.1) is 0 Å². The fourth-order valence-electron chi connectivity index (χ4n) is 2.84. The second kappa shape index (κ2) is 6.06. The molecule has 0 heterocycles. The third kappa shape index (κ3) is 4.05. The van der Waals surface area contributed by atoms with Gasteiger partial charge in [-0.15, -0.1) is 0 Å². The van der Waals surface area contributed by atoms with Crippen LogP contribution in [0.2, 0.25) is 0 Å². The van der Waals surface area contributed by atoms with Crippen molar-refractivity contribution in [2.45, 2.75) is 38.1 Å². The highest BCUT2D eigenvalue weighted by Gasteiger charge is 2.15. The van der Waals surface area contributed by atoms with Crippen molar-refractivity contribution in [3.05, 3.63) is 34.9 Å². The van der Waals surface area contributed by atoms with E-state index in [0.29, 0.717) is 6.42 Å². The van der Waals surface area contributed by atoms with Crippen LogP contribution >= 0.6 is 0 Å². The van der Waals surface area contributed by atoms with Crippen molar-refractivity contribution < 1.29 is 8.42 Å². The normalized spacial score (nSPS) is 16.3. The van der Waals surface area contributed by atoms with Crippen LogP contribution in [0.3, 0.4) is 0 Å². The number of benzene rings is 1. The zero-order valence-corrected chi connectivity index (χ0v) is 12.6. The molecule has 1 atom stereocenters. The molecule has 0 saturated carbocycles. The Morgan fingerprint density at radius 3 is 2.68 bits per heavy atom. The Balaban J connectivity index is 2.01. The largest absolute Gasteiger partial charge is 0.313 e. The second-order valence-corrected chi connectivity index (χ2v) is 7.75. The van der Waals surface area contributed by atoms with E-state index in [1.54, 1.807) is 0 Å². The van der Waals surface area contributed by atoms with Gasteiger partial charge in [0.1, 0.15) is 9.84 Å². The topological polar surface area (TPSA) is 46.2 Å². The summed E-state index contributed by atoms with van der Waals surface area (Å²) in [7, 11) is -0.905. The van der Waals surface area contributed by atoms with Crippen molar-refractivity contribution >= 4 is 9.84 Å². The lowest BCUT2D eigenvalue weighted by atomic mass is 9.98. The minimum Gasteiger partial charge on any atom is -0.313 e. The fourth-order valence-corrected chi connectivity index (χ4v) is 3.53. The molecule has 106 valence electrons. The summed E-state index contributed by atoms with van der Waals surface area (Å²) in [5, 5.41) is 3.30. The number of rotatable bonds is 6. The van der Waals surface area contributed by atoms with Gasteiger partial charge in [-0.1, -0.05) is 18.2 Å². The summed E-state index contributed by atoms with van der Waals surface area (Å²) >= 11 is 0. The molecule has 3 nitrogen and oxygen atoms in total. The molecule has 0 spiro atoms. The standard InChI is InChI=1S/C15H23NO2S/c1-16-15(7-4-10-19(2,17)18)14-9-8-12-5-3-6-13(12)11-14/h8-9,11,15-16H,3-7,10H2,1-2H3. The maximum absolute atomic E-state index is 11.2. The Kier molecular flexibility index (Phi) is 4.63. The monoisotopic (exact) mass is 281 g/mol. The number of nitrogens with one attached hydrogen (secondary N) is 1. The Morgan fingerprint density at radius 2 is 2.00 bits per heavy atom. The summed E-state index contributed by atoms with van der Waals surface area (Å²) in [5.74, 6) is 0.274. The fraction of sp³-hybridized carbons (Fsp3) is 0.600. The van der Waals surface area contributed by atoms with E-state index in [2.05, 4.69) is 23.5 Å². The van der Waals surface area contributed by atoms with E-state index < -0.39 is 9.84 Å². The molecule has 1 aromatic carbocycles. The van der Waals surface area contributed by atoms with E-state index in [-0.39, 0.29) is 11.8 Å². The molecule has 1 N–H and O–H groups in total. The first-order valence-corrected chi connectivity index (χ1v) is 9.02. The number of hydrogen-bond acceptors (Lipinski definition) is 3. The Bertz CT molecular complexity index is 537. The molecular formula is C15H23NO2S. The maximum Gasteiger partial charge on any atom is 0.147 e. The van der Waals surface area contributed by atoms with E-state index in [1.165, 1.54) is 42.2 Å². The van der Waals surface area contributed by atoms with Gasteiger partial charge in [0.25, 0.3) is 0 Å². The summed E-state index contributed by atoms with van der Waals surface area (Å²) < 4.78 is 22.3. The van der Waals surface area contributed by atoms with Gasteiger partial charge in [-0.3, -0.25) is 0 Å². The first-order valence-electron chi connectivity index (χ1n) is 6.96. The highest BCUT2D eigenvalue weighted by Crippen LogP contribution is 2.27. The molecule has 4 heteroatoms. The van der Waals surface area contributed by atoms with Gasteiger partial charge < -0.3 is 5.32 Å². The van der Waals surface area contributed by atoms with Gasteiger partial charge in [-0.05, 0) is 55.8 Å². The van der Waals surface area contributed by atoms with Crippen LogP contribution in [0.5, 0.6) is 0 Å². The molecule has 1 aliphatic carbocycles. The lowest BCUT2D eigenvalue weighted by Gasteiger charge is -2.17. The second-order valence-electron chi connectivity index (χ2n) is 5.50. The van der Waals surface area contributed by atoms with Crippen molar-refractivity contribution in [3.63, 3.8) is 0 Å². The summed E-state index contributed by atoms with van der Waals surface area (Å²) in [6, 6.07) is 6.97. The van der Waals surface area contributed by atoms with Crippen LogP contribution in [0.4, 0.5) is 0 Å². The first kappa shape index (κ1) is 14.5. The zero-order valence-electron chi connectivity index (χ0n) is 11.8. The van der Waals surface area contributed by atoms with Crippen molar-refractivity contribution in [2.75, 3.05) is 19.1 Å². The molecule has 0 bridgehead atoms. The third-order valence-corrected chi connectivity index (χ3v) is 4.91. The van der Waals surface area contributed by atoms with Gasteiger partial charge in [-0.2, -0.15) is 0 Å². The van der Waals surface area contributed by atoms with E-state index in [0.717, 1.165) is 6.42 Å². The van der Waals surface area contributed by atoms with Gasteiger partial charge in [-0.25, -0.2) is 8.42 Å². The average molecular weight is 281 g/mol. The first-order chi connectivity index (χ1) is 8.99. The highest BCUT2D eigenvalue weighted by atomic mass is 32.2. The van der Waals surface area contributed by atoms with E-state index in [1.807, 2.05) is 7.05 Å². The molecule has 0 amide bonds. The van der Waals surface area contributed by atoms with Crippen LogP contribution in [0.1, 0.15) is 42.0 Å². The highest BCUT2D eigenvalue weighted by molar-refractivity contribution is 7.90. The van der Waals surface area contributed by atoms with Gasteiger partial charge in [0, 0.05) is 18.1 Å². The van der Waals surface area contributed by atoms with Crippen LogP contribution in [-0.2, 0) is 22.7 Å². The molecule has 0 radical (unpaired) electrons. The predicted octanol–water partition coefficient (Wildman–Crippen LogP) is 2.26. The molecule has 19 heavy (non-hydrogen) atoms. The van der Waals surface area contributed by atoms with Crippen LogP contribution in [-0.4, -0.2) is 27.5 Å². The number of sulfone groups is 1. The van der Waals surface area contributed by atoms with Crippen LogP contribution in [0.25, 0.3) is 0 Å². The molecule has 0 saturated heterocycles. The van der Waals surface area contributed by atoms with Crippen LogP contribution < -0.4 is 5.32 Å². The molecule has 0 fully saturated rings. The lowest BCUT2D eigenvalue weighted by molar-refractivity contribution is 0.536. The molecule has 1 aliphatic rings. The van der Waals surface area contributed by atoms with Crippen molar-refractivity contribution in [1.29, 1.82) is 0 Å². The zero-order chi connectivity index (χ0) is 13.9. The van der Waals surface area contributed by atoms with Crippen LogP contribution in [0.15, 0.2) is 18.2 Å². The molecule has 1 aromatic rings.